The summed E-state index contributed by atoms with van der Waals surface area (Å²) in [6.07, 6.45) is 0. The predicted octanol–water partition coefficient (Wildman–Crippen LogP) is 4.33. The molecule has 1 aliphatic heterocycles. The third kappa shape index (κ3) is 5.29. The van der Waals surface area contributed by atoms with Crippen LogP contribution in [0.5, 0.6) is 0 Å². The smallest absolute Gasteiger partial charge is 0.338 e. The molecule has 0 radical (unpaired) electrons. The average Bonchev–Trinajstić information content (AvgIpc) is 3.21. The molecule has 0 bridgehead atoms. The molecular weight excluding hydrogens is 456 g/mol. The number of ketones is 1. The van der Waals surface area contributed by atoms with E-state index in [1.807, 2.05) is 54.6 Å². The van der Waals surface area contributed by atoms with E-state index in [-0.39, 0.29) is 24.8 Å². The van der Waals surface area contributed by atoms with Gasteiger partial charge in [-0.2, -0.15) is 0 Å². The van der Waals surface area contributed by atoms with Crippen LogP contribution in [0.1, 0.15) is 35.3 Å². The molecule has 0 fully saturated rings. The van der Waals surface area contributed by atoms with Gasteiger partial charge in [-0.1, -0.05) is 36.4 Å². The highest BCUT2D eigenvalue weighted by molar-refractivity contribution is 6.37. The Balaban J connectivity index is 1.73. The first-order chi connectivity index (χ1) is 17.4. The van der Waals surface area contributed by atoms with Crippen LogP contribution in [0, 0.1) is 0 Å². The lowest BCUT2D eigenvalue weighted by Gasteiger charge is -2.22. The summed E-state index contributed by atoms with van der Waals surface area (Å²) in [5.41, 5.74) is 8.20. The third-order valence-electron chi connectivity index (χ3n) is 5.69. The number of benzene rings is 3. The molecule has 0 saturated heterocycles. The van der Waals surface area contributed by atoms with E-state index in [9.17, 15) is 14.4 Å². The molecular formula is C28H28N4O4. The number of ether oxygens (including phenoxy) is 1. The summed E-state index contributed by atoms with van der Waals surface area (Å²) >= 11 is 0. The van der Waals surface area contributed by atoms with Gasteiger partial charge in [0.15, 0.2) is 5.78 Å². The molecule has 1 amide bonds. The molecule has 0 aromatic heterocycles. The maximum atomic E-state index is 13.2. The second-order valence-corrected chi connectivity index (χ2v) is 8.23. The molecule has 8 nitrogen and oxygen atoms in total. The molecule has 0 aliphatic carbocycles. The van der Waals surface area contributed by atoms with Gasteiger partial charge in [0, 0.05) is 18.3 Å². The summed E-state index contributed by atoms with van der Waals surface area (Å²) in [4.78, 5) is 36.9. The number of nitrogens with zero attached hydrogens (tertiary/aromatic N) is 1. The van der Waals surface area contributed by atoms with Gasteiger partial charge in [0.2, 0.25) is 0 Å². The van der Waals surface area contributed by atoms with E-state index in [0.29, 0.717) is 28.1 Å². The van der Waals surface area contributed by atoms with E-state index in [4.69, 9.17) is 4.74 Å². The van der Waals surface area contributed by atoms with Crippen molar-refractivity contribution in [3.05, 3.63) is 89.5 Å². The first-order valence-electron chi connectivity index (χ1n) is 11.6. The Kier molecular flexibility index (Phi) is 7.46. The fourth-order valence-electron chi connectivity index (χ4n) is 4.04. The van der Waals surface area contributed by atoms with Crippen molar-refractivity contribution in [1.82, 2.24) is 5.43 Å². The number of esters is 1. The molecule has 1 heterocycles. The van der Waals surface area contributed by atoms with E-state index in [1.54, 1.807) is 44.1 Å². The van der Waals surface area contributed by atoms with Crippen molar-refractivity contribution in [2.24, 2.45) is 0 Å². The van der Waals surface area contributed by atoms with Crippen LogP contribution in [0.15, 0.2) is 72.8 Å². The van der Waals surface area contributed by atoms with Gasteiger partial charge in [0.05, 0.1) is 41.4 Å². The van der Waals surface area contributed by atoms with Crippen LogP contribution < -0.4 is 21.1 Å². The zero-order chi connectivity index (χ0) is 25.7. The maximum absolute atomic E-state index is 13.2. The van der Waals surface area contributed by atoms with Crippen LogP contribution in [-0.4, -0.2) is 37.9 Å². The van der Waals surface area contributed by atoms with Crippen molar-refractivity contribution in [3.8, 4) is 0 Å². The highest BCUT2D eigenvalue weighted by Gasteiger charge is 2.29. The van der Waals surface area contributed by atoms with Crippen molar-refractivity contribution in [3.63, 3.8) is 0 Å². The van der Waals surface area contributed by atoms with Crippen LogP contribution in [-0.2, 0) is 14.3 Å². The lowest BCUT2D eigenvalue weighted by atomic mass is 9.99. The van der Waals surface area contributed by atoms with Crippen LogP contribution >= 0.6 is 0 Å². The molecule has 0 spiro atoms. The number of carbonyl (C=O) groups excluding carboxylic acids is 3. The van der Waals surface area contributed by atoms with Crippen LogP contribution in [0.3, 0.4) is 0 Å². The maximum Gasteiger partial charge on any atom is 0.338 e. The monoisotopic (exact) mass is 484 g/mol. The highest BCUT2D eigenvalue weighted by atomic mass is 16.5. The zero-order valence-corrected chi connectivity index (χ0v) is 20.4. The molecule has 0 atom stereocenters. The summed E-state index contributed by atoms with van der Waals surface area (Å²) in [6.45, 7) is 3.80. The second kappa shape index (κ2) is 10.9. The Morgan fingerprint density at radius 3 is 2.33 bits per heavy atom. The molecule has 4 rings (SSSR count). The van der Waals surface area contributed by atoms with Gasteiger partial charge in [-0.15, -0.1) is 0 Å². The molecule has 184 valence electrons. The Bertz CT molecular complexity index is 1320. The minimum absolute atomic E-state index is 0.0414. The number of nitrogens with one attached hydrogen (secondary N) is 3. The van der Waals surface area contributed by atoms with Gasteiger partial charge in [-0.05, 0) is 55.8 Å². The van der Waals surface area contributed by atoms with Crippen molar-refractivity contribution in [2.75, 3.05) is 35.8 Å². The van der Waals surface area contributed by atoms with Crippen molar-refractivity contribution >= 4 is 46.0 Å². The first-order valence-corrected chi connectivity index (χ1v) is 11.6. The fourth-order valence-corrected chi connectivity index (χ4v) is 4.04. The van der Waals surface area contributed by atoms with Gasteiger partial charge >= 0.3 is 5.97 Å². The number of Topliss-reactive ketones (excluding diaryl/α,β-unsaturated/α-hetero) is 1. The number of rotatable bonds is 9. The Labute approximate surface area is 209 Å². The van der Waals surface area contributed by atoms with Crippen molar-refractivity contribution in [1.29, 1.82) is 0 Å². The molecule has 1 aliphatic rings. The normalized spacial score (nSPS) is 13.5. The van der Waals surface area contributed by atoms with Gasteiger partial charge in [-0.25, -0.2) is 10.2 Å². The largest absolute Gasteiger partial charge is 0.462 e. The van der Waals surface area contributed by atoms with Gasteiger partial charge in [0.1, 0.15) is 0 Å². The van der Waals surface area contributed by atoms with E-state index in [1.165, 1.54) is 0 Å². The fraction of sp³-hybridized carbons (Fsp3) is 0.179. The van der Waals surface area contributed by atoms with Crippen LogP contribution in [0.2, 0.25) is 0 Å². The summed E-state index contributed by atoms with van der Waals surface area (Å²) in [5.74, 6) is -0.662. The number of amides is 1. The Hall–Kier alpha value is -4.43. The first kappa shape index (κ1) is 24.7. The molecule has 36 heavy (non-hydrogen) atoms. The van der Waals surface area contributed by atoms with Gasteiger partial charge in [-0.3, -0.25) is 9.59 Å². The minimum Gasteiger partial charge on any atom is -0.462 e. The number of hydrogen-bond acceptors (Lipinski definition) is 7. The molecule has 0 unspecified atom stereocenters. The molecule has 0 saturated carbocycles. The van der Waals surface area contributed by atoms with E-state index < -0.39 is 5.97 Å². The predicted molar refractivity (Wildman–Crippen MR) is 141 cm³/mol. The summed E-state index contributed by atoms with van der Waals surface area (Å²) < 4.78 is 5.09. The molecule has 3 aromatic rings. The SMILES string of the molecule is CCOC(=O)c1ccc2c(c1)NC(=O)/C2=C(\Nc1ccc(N(CC(C)=O)NC)cc1)c1ccccc1. The number of fused-ring (bicyclic) bond motifs is 1. The number of carbonyl (C=O) groups is 3. The van der Waals surface area contributed by atoms with Gasteiger partial charge in [0.25, 0.3) is 5.91 Å². The topological polar surface area (TPSA) is 99.8 Å². The van der Waals surface area contributed by atoms with E-state index >= 15 is 0 Å². The van der Waals surface area contributed by atoms with Crippen molar-refractivity contribution in [2.45, 2.75) is 13.8 Å². The minimum atomic E-state index is -0.436. The summed E-state index contributed by atoms with van der Waals surface area (Å²) in [7, 11) is 1.76. The quantitative estimate of drug-likeness (QED) is 0.236. The third-order valence-corrected chi connectivity index (χ3v) is 5.69. The average molecular weight is 485 g/mol. The summed E-state index contributed by atoms with van der Waals surface area (Å²) in [5, 5.41) is 8.05. The molecule has 3 N–H and O–H groups in total. The number of anilines is 3. The number of hydrazine groups is 1. The summed E-state index contributed by atoms with van der Waals surface area (Å²) in [6, 6.07) is 22.2. The molecule has 3 aromatic carbocycles. The highest BCUT2D eigenvalue weighted by Crippen LogP contribution is 2.38. The second-order valence-electron chi connectivity index (χ2n) is 8.23. The standard InChI is InChI=1S/C28H28N4O4/c1-4-36-28(35)20-10-15-23-24(16-20)31-27(34)25(23)26(19-8-6-5-7-9-19)30-21-11-13-22(14-12-21)32(29-3)17-18(2)33/h5-16,29-30H,4,17H2,1-3H3,(H,31,34)/b26-25-. The van der Waals surface area contributed by atoms with Gasteiger partial charge < -0.3 is 20.4 Å². The number of hydrogen-bond donors (Lipinski definition) is 3. The van der Waals surface area contributed by atoms with Crippen LogP contribution in [0.25, 0.3) is 11.3 Å². The van der Waals surface area contributed by atoms with Crippen molar-refractivity contribution < 1.29 is 19.1 Å². The zero-order valence-electron chi connectivity index (χ0n) is 20.4. The van der Waals surface area contributed by atoms with E-state index in [0.717, 1.165) is 16.9 Å². The van der Waals surface area contributed by atoms with Crippen LogP contribution in [0.4, 0.5) is 17.1 Å². The lowest BCUT2D eigenvalue weighted by Crippen LogP contribution is -2.38. The Morgan fingerprint density at radius 2 is 1.69 bits per heavy atom. The van der Waals surface area contributed by atoms with E-state index in [2.05, 4.69) is 16.1 Å². The lowest BCUT2D eigenvalue weighted by molar-refractivity contribution is -0.116. The molecule has 8 heteroatoms. The Morgan fingerprint density at radius 1 is 0.972 bits per heavy atom.